The number of hydrogen-bond donors (Lipinski definition) is 1. The lowest BCUT2D eigenvalue weighted by molar-refractivity contribution is 0.285. The topological polar surface area (TPSA) is 24.9 Å². The number of rotatable bonds is 3. The summed E-state index contributed by atoms with van der Waals surface area (Å²) >= 11 is 3.38. The summed E-state index contributed by atoms with van der Waals surface area (Å²) in [4.78, 5) is 4.30. The maximum absolute atomic E-state index is 4.30. The average molecular weight is 255 g/mol. The molecule has 1 N–H and O–H groups in total. The number of anilines is 1. The summed E-state index contributed by atoms with van der Waals surface area (Å²) in [6, 6.07) is 4.58. The van der Waals surface area contributed by atoms with Gasteiger partial charge in [0.1, 0.15) is 5.82 Å². The van der Waals surface area contributed by atoms with E-state index in [4.69, 9.17) is 0 Å². The number of nitrogens with one attached hydrogen (secondary N) is 1. The van der Waals surface area contributed by atoms with Crippen LogP contribution in [0.3, 0.4) is 0 Å². The zero-order valence-corrected chi connectivity index (χ0v) is 9.92. The Morgan fingerprint density at radius 1 is 1.50 bits per heavy atom. The van der Waals surface area contributed by atoms with Crippen LogP contribution >= 0.6 is 15.9 Å². The van der Waals surface area contributed by atoms with Crippen LogP contribution in [-0.4, -0.2) is 11.0 Å². The minimum atomic E-state index is 0.553. The van der Waals surface area contributed by atoms with Gasteiger partial charge in [0, 0.05) is 16.7 Å². The van der Waals surface area contributed by atoms with Crippen LogP contribution in [0.5, 0.6) is 0 Å². The Kier molecular flexibility index (Phi) is 3.06. The van der Waals surface area contributed by atoms with E-state index in [1.165, 1.54) is 19.3 Å². The Bertz CT molecular complexity index is 293. The van der Waals surface area contributed by atoms with Crippen molar-refractivity contribution < 1.29 is 0 Å². The summed E-state index contributed by atoms with van der Waals surface area (Å²) in [5.41, 5.74) is 0. The molecule has 1 aliphatic carbocycles. The molecule has 0 aromatic carbocycles. The predicted octanol–water partition coefficient (Wildman–Crippen LogP) is 3.44. The minimum absolute atomic E-state index is 0.553. The molecule has 1 aliphatic rings. The second-order valence-corrected chi connectivity index (χ2v) is 4.90. The van der Waals surface area contributed by atoms with Gasteiger partial charge < -0.3 is 5.32 Å². The molecule has 2 nitrogen and oxygen atoms in total. The molecule has 1 aromatic rings. The molecule has 1 fully saturated rings. The van der Waals surface area contributed by atoms with Gasteiger partial charge in [0.15, 0.2) is 0 Å². The fourth-order valence-corrected chi connectivity index (χ4v) is 1.99. The number of aromatic nitrogens is 1. The predicted molar refractivity (Wildman–Crippen MR) is 62.4 cm³/mol. The molecular formula is C11H15BrN2. The van der Waals surface area contributed by atoms with E-state index in [0.717, 1.165) is 16.2 Å². The third-order valence-corrected chi connectivity index (χ3v) is 3.43. The van der Waals surface area contributed by atoms with Crippen molar-refractivity contribution in [2.24, 2.45) is 5.92 Å². The molecule has 1 atom stereocenters. The summed E-state index contributed by atoms with van der Waals surface area (Å²) in [5.74, 6) is 1.83. The molecule has 0 amide bonds. The van der Waals surface area contributed by atoms with E-state index in [-0.39, 0.29) is 0 Å². The number of pyridine rings is 1. The second kappa shape index (κ2) is 4.30. The highest BCUT2D eigenvalue weighted by molar-refractivity contribution is 9.10. The van der Waals surface area contributed by atoms with Crippen molar-refractivity contribution >= 4 is 21.7 Å². The number of hydrogen-bond acceptors (Lipinski definition) is 2. The first-order valence-corrected chi connectivity index (χ1v) is 5.93. The van der Waals surface area contributed by atoms with Crippen LogP contribution < -0.4 is 5.32 Å². The maximum Gasteiger partial charge on any atom is 0.126 e. The molecule has 1 aromatic heterocycles. The van der Waals surface area contributed by atoms with Crippen molar-refractivity contribution in [3.8, 4) is 0 Å². The van der Waals surface area contributed by atoms with Crippen LogP contribution in [0.4, 0.5) is 5.82 Å². The fourth-order valence-electron chi connectivity index (χ4n) is 1.75. The summed E-state index contributed by atoms with van der Waals surface area (Å²) in [7, 11) is 0. The van der Waals surface area contributed by atoms with Gasteiger partial charge in [0.05, 0.1) is 0 Å². The smallest absolute Gasteiger partial charge is 0.126 e. The normalized spacial score (nSPS) is 18.7. The van der Waals surface area contributed by atoms with Crippen molar-refractivity contribution in [1.82, 2.24) is 4.98 Å². The van der Waals surface area contributed by atoms with E-state index in [1.54, 1.807) is 0 Å². The number of halogens is 1. The zero-order chi connectivity index (χ0) is 9.97. The van der Waals surface area contributed by atoms with E-state index in [9.17, 15) is 0 Å². The number of nitrogens with zero attached hydrogens (tertiary/aromatic N) is 1. The van der Waals surface area contributed by atoms with Gasteiger partial charge in [-0.15, -0.1) is 0 Å². The highest BCUT2D eigenvalue weighted by atomic mass is 79.9. The summed E-state index contributed by atoms with van der Waals surface area (Å²) in [5, 5.41) is 3.44. The molecule has 0 aliphatic heterocycles. The van der Waals surface area contributed by atoms with E-state index in [2.05, 4.69) is 33.2 Å². The van der Waals surface area contributed by atoms with Gasteiger partial charge in [-0.3, -0.25) is 0 Å². The molecule has 2 rings (SSSR count). The first kappa shape index (κ1) is 9.97. The lowest BCUT2D eigenvalue weighted by atomic mass is 9.80. The molecule has 1 heterocycles. The van der Waals surface area contributed by atoms with Gasteiger partial charge in [0.25, 0.3) is 0 Å². The highest BCUT2D eigenvalue weighted by Gasteiger charge is 2.23. The van der Waals surface area contributed by atoms with E-state index in [0.29, 0.717) is 6.04 Å². The van der Waals surface area contributed by atoms with Gasteiger partial charge in [-0.1, -0.05) is 6.42 Å². The van der Waals surface area contributed by atoms with Gasteiger partial charge in [-0.2, -0.15) is 0 Å². The zero-order valence-electron chi connectivity index (χ0n) is 8.33. The van der Waals surface area contributed by atoms with Gasteiger partial charge >= 0.3 is 0 Å². The molecule has 1 saturated carbocycles. The molecule has 0 bridgehead atoms. The highest BCUT2D eigenvalue weighted by Crippen LogP contribution is 2.30. The first-order valence-electron chi connectivity index (χ1n) is 5.14. The molecule has 0 spiro atoms. The average Bonchev–Trinajstić information content (AvgIpc) is 2.06. The van der Waals surface area contributed by atoms with Crippen molar-refractivity contribution in [3.63, 3.8) is 0 Å². The van der Waals surface area contributed by atoms with Gasteiger partial charge in [0.2, 0.25) is 0 Å². The third-order valence-electron chi connectivity index (χ3n) is 2.96. The van der Waals surface area contributed by atoms with Crippen LogP contribution in [0, 0.1) is 5.92 Å². The van der Waals surface area contributed by atoms with Gasteiger partial charge in [-0.25, -0.2) is 4.98 Å². The molecule has 1 unspecified atom stereocenters. The van der Waals surface area contributed by atoms with Crippen LogP contribution in [0.1, 0.15) is 26.2 Å². The molecule has 76 valence electrons. The molecular weight excluding hydrogens is 240 g/mol. The first-order chi connectivity index (χ1) is 6.75. The largest absolute Gasteiger partial charge is 0.367 e. The third kappa shape index (κ3) is 2.27. The maximum atomic E-state index is 4.30. The van der Waals surface area contributed by atoms with E-state index >= 15 is 0 Å². The van der Waals surface area contributed by atoms with Gasteiger partial charge in [-0.05, 0) is 53.7 Å². The minimum Gasteiger partial charge on any atom is -0.367 e. The summed E-state index contributed by atoms with van der Waals surface area (Å²) in [6.45, 7) is 2.24. The SMILES string of the molecule is CC(Nc1ccc(Br)cn1)C1CCC1. The van der Waals surface area contributed by atoms with Crippen LogP contribution in [-0.2, 0) is 0 Å². The van der Waals surface area contributed by atoms with E-state index in [1.807, 2.05) is 18.3 Å². The van der Waals surface area contributed by atoms with Crippen molar-refractivity contribution in [1.29, 1.82) is 0 Å². The lowest BCUT2D eigenvalue weighted by Crippen LogP contribution is -2.31. The Hall–Kier alpha value is -0.570. The Morgan fingerprint density at radius 3 is 2.79 bits per heavy atom. The summed E-state index contributed by atoms with van der Waals surface area (Å²) in [6.07, 6.45) is 5.95. The van der Waals surface area contributed by atoms with E-state index < -0.39 is 0 Å². The summed E-state index contributed by atoms with van der Waals surface area (Å²) < 4.78 is 1.03. The monoisotopic (exact) mass is 254 g/mol. The Morgan fingerprint density at radius 2 is 2.29 bits per heavy atom. The molecule has 0 saturated heterocycles. The standard InChI is InChI=1S/C11H15BrN2/c1-8(9-3-2-4-9)14-11-6-5-10(12)7-13-11/h5-9H,2-4H2,1H3,(H,13,14). The van der Waals surface area contributed by atoms with Crippen molar-refractivity contribution in [2.75, 3.05) is 5.32 Å². The van der Waals surface area contributed by atoms with Crippen LogP contribution in [0.2, 0.25) is 0 Å². The van der Waals surface area contributed by atoms with Crippen LogP contribution in [0.15, 0.2) is 22.8 Å². The Balaban J connectivity index is 1.92. The van der Waals surface area contributed by atoms with Crippen molar-refractivity contribution in [2.45, 2.75) is 32.2 Å². The lowest BCUT2D eigenvalue weighted by Gasteiger charge is -2.32. The second-order valence-electron chi connectivity index (χ2n) is 3.99. The Labute approximate surface area is 93.3 Å². The molecule has 0 radical (unpaired) electrons. The van der Waals surface area contributed by atoms with Crippen molar-refractivity contribution in [3.05, 3.63) is 22.8 Å². The quantitative estimate of drug-likeness (QED) is 0.894. The molecule has 14 heavy (non-hydrogen) atoms. The fraction of sp³-hybridized carbons (Fsp3) is 0.545. The molecule has 3 heteroatoms. The van der Waals surface area contributed by atoms with Crippen LogP contribution in [0.25, 0.3) is 0 Å².